The van der Waals surface area contributed by atoms with Crippen LogP contribution in [0.5, 0.6) is 5.75 Å². The number of ether oxygens (including phenoxy) is 1. The van der Waals surface area contributed by atoms with Crippen LogP contribution < -0.4 is 4.74 Å². The van der Waals surface area contributed by atoms with Gasteiger partial charge in [0.05, 0.1) is 18.3 Å². The van der Waals surface area contributed by atoms with Gasteiger partial charge in [-0.15, -0.1) is 0 Å². The van der Waals surface area contributed by atoms with Crippen molar-refractivity contribution in [3.63, 3.8) is 0 Å². The molecule has 0 radical (unpaired) electrons. The van der Waals surface area contributed by atoms with Crippen molar-refractivity contribution in [2.24, 2.45) is 0 Å². The predicted octanol–water partition coefficient (Wildman–Crippen LogP) is 2.67. The molecule has 1 aromatic carbocycles. The third kappa shape index (κ3) is 5.20. The number of rotatable bonds is 6. The summed E-state index contributed by atoms with van der Waals surface area (Å²) in [5.74, 6) is 0.765. The van der Waals surface area contributed by atoms with Crippen LogP contribution in [-0.2, 0) is 0 Å². The first kappa shape index (κ1) is 14.0. The molecule has 0 saturated heterocycles. The summed E-state index contributed by atoms with van der Waals surface area (Å²) in [5.41, 5.74) is 0.209. The fourth-order valence-corrected chi connectivity index (χ4v) is 1.44. The lowest BCUT2D eigenvalue weighted by atomic mass is 10.1. The minimum absolute atomic E-state index is 0.402. The molecule has 0 saturated carbocycles. The SMILES string of the molecule is CC[C@@H](O)c1ccc(OCCC(C)(C)O)cc1. The molecule has 0 aliphatic heterocycles. The Bertz CT molecular complexity index is 324. The molecule has 1 aromatic rings. The Morgan fingerprint density at radius 3 is 2.29 bits per heavy atom. The van der Waals surface area contributed by atoms with Crippen LogP contribution in [0.4, 0.5) is 0 Å². The molecule has 0 aliphatic carbocycles. The largest absolute Gasteiger partial charge is 0.493 e. The van der Waals surface area contributed by atoms with E-state index < -0.39 is 11.7 Å². The molecule has 0 bridgehead atoms. The van der Waals surface area contributed by atoms with Crippen LogP contribution in [0, 0.1) is 0 Å². The molecule has 0 aromatic heterocycles. The van der Waals surface area contributed by atoms with Crippen molar-refractivity contribution in [2.75, 3.05) is 6.61 Å². The lowest BCUT2D eigenvalue weighted by Gasteiger charge is -2.17. The zero-order valence-electron chi connectivity index (χ0n) is 10.8. The molecule has 0 spiro atoms. The maximum Gasteiger partial charge on any atom is 0.119 e. The van der Waals surface area contributed by atoms with Gasteiger partial charge in [-0.1, -0.05) is 19.1 Å². The van der Waals surface area contributed by atoms with E-state index in [-0.39, 0.29) is 0 Å². The van der Waals surface area contributed by atoms with Gasteiger partial charge in [-0.25, -0.2) is 0 Å². The van der Waals surface area contributed by atoms with E-state index in [4.69, 9.17) is 4.74 Å². The molecule has 1 atom stereocenters. The second kappa shape index (κ2) is 6.03. The molecule has 96 valence electrons. The van der Waals surface area contributed by atoms with Gasteiger partial charge in [0, 0.05) is 6.42 Å². The highest BCUT2D eigenvalue weighted by molar-refractivity contribution is 5.28. The van der Waals surface area contributed by atoms with Crippen molar-refractivity contribution in [1.29, 1.82) is 0 Å². The van der Waals surface area contributed by atoms with Crippen molar-refractivity contribution in [3.8, 4) is 5.75 Å². The molecule has 0 unspecified atom stereocenters. The molecule has 1 rings (SSSR count). The van der Waals surface area contributed by atoms with Gasteiger partial charge < -0.3 is 14.9 Å². The summed E-state index contributed by atoms with van der Waals surface area (Å²) in [7, 11) is 0. The monoisotopic (exact) mass is 238 g/mol. The van der Waals surface area contributed by atoms with Crippen molar-refractivity contribution < 1.29 is 14.9 Å². The second-order valence-corrected chi connectivity index (χ2v) is 4.90. The molecule has 0 fully saturated rings. The van der Waals surface area contributed by atoms with Crippen LogP contribution in [0.25, 0.3) is 0 Å². The molecule has 0 aliphatic rings. The summed E-state index contributed by atoms with van der Waals surface area (Å²) >= 11 is 0. The molecular weight excluding hydrogens is 216 g/mol. The Morgan fingerprint density at radius 2 is 1.82 bits per heavy atom. The number of aliphatic hydroxyl groups excluding tert-OH is 1. The quantitative estimate of drug-likeness (QED) is 0.801. The standard InChI is InChI=1S/C14H22O3/c1-4-13(15)11-5-7-12(8-6-11)17-10-9-14(2,3)16/h5-8,13,15-16H,4,9-10H2,1-3H3/t13-/m1/s1. The smallest absolute Gasteiger partial charge is 0.119 e. The summed E-state index contributed by atoms with van der Waals surface area (Å²) < 4.78 is 5.51. The van der Waals surface area contributed by atoms with Crippen LogP contribution in [0.15, 0.2) is 24.3 Å². The van der Waals surface area contributed by atoms with E-state index >= 15 is 0 Å². The number of hydrogen-bond acceptors (Lipinski definition) is 3. The van der Waals surface area contributed by atoms with Gasteiger partial charge in [0.1, 0.15) is 5.75 Å². The summed E-state index contributed by atoms with van der Waals surface area (Å²) in [5, 5.41) is 19.2. The normalized spacial score (nSPS) is 13.5. The van der Waals surface area contributed by atoms with Crippen molar-refractivity contribution in [1.82, 2.24) is 0 Å². The summed E-state index contributed by atoms with van der Waals surface area (Å²) in [6, 6.07) is 7.43. The zero-order chi connectivity index (χ0) is 12.9. The Hall–Kier alpha value is -1.06. The van der Waals surface area contributed by atoms with Crippen LogP contribution in [0.3, 0.4) is 0 Å². The van der Waals surface area contributed by atoms with Gasteiger partial charge in [-0.05, 0) is 38.0 Å². The molecule has 17 heavy (non-hydrogen) atoms. The molecule has 3 heteroatoms. The third-order valence-corrected chi connectivity index (χ3v) is 2.63. The Labute approximate surface area is 103 Å². The van der Waals surface area contributed by atoms with E-state index in [0.29, 0.717) is 19.4 Å². The third-order valence-electron chi connectivity index (χ3n) is 2.63. The average Bonchev–Trinajstić information content (AvgIpc) is 2.27. The first-order chi connectivity index (χ1) is 7.92. The molecule has 3 nitrogen and oxygen atoms in total. The van der Waals surface area contributed by atoms with Crippen molar-refractivity contribution in [3.05, 3.63) is 29.8 Å². The van der Waals surface area contributed by atoms with Crippen LogP contribution in [0.1, 0.15) is 45.3 Å². The summed E-state index contributed by atoms with van der Waals surface area (Å²) in [6.45, 7) is 5.95. The fourth-order valence-electron chi connectivity index (χ4n) is 1.44. The van der Waals surface area contributed by atoms with Crippen LogP contribution in [-0.4, -0.2) is 22.4 Å². The summed E-state index contributed by atoms with van der Waals surface area (Å²) in [6.07, 6.45) is 0.894. The highest BCUT2D eigenvalue weighted by Gasteiger charge is 2.12. The predicted molar refractivity (Wildman–Crippen MR) is 68.1 cm³/mol. The Balaban J connectivity index is 2.46. The van der Waals surface area contributed by atoms with Gasteiger partial charge >= 0.3 is 0 Å². The Kier molecular flexibility index (Phi) is 4.97. The second-order valence-electron chi connectivity index (χ2n) is 4.90. The van der Waals surface area contributed by atoms with Gasteiger partial charge in [-0.2, -0.15) is 0 Å². The van der Waals surface area contributed by atoms with E-state index in [1.165, 1.54) is 0 Å². The average molecular weight is 238 g/mol. The zero-order valence-corrected chi connectivity index (χ0v) is 10.8. The van der Waals surface area contributed by atoms with E-state index in [2.05, 4.69) is 0 Å². The van der Waals surface area contributed by atoms with Crippen molar-refractivity contribution >= 4 is 0 Å². The van der Waals surface area contributed by atoms with Crippen molar-refractivity contribution in [2.45, 2.75) is 45.3 Å². The Morgan fingerprint density at radius 1 is 1.24 bits per heavy atom. The lowest BCUT2D eigenvalue weighted by Crippen LogP contribution is -2.21. The minimum Gasteiger partial charge on any atom is -0.493 e. The number of benzene rings is 1. The minimum atomic E-state index is -0.696. The topological polar surface area (TPSA) is 49.7 Å². The fraction of sp³-hybridized carbons (Fsp3) is 0.571. The molecule has 0 heterocycles. The summed E-state index contributed by atoms with van der Waals surface area (Å²) in [4.78, 5) is 0. The van der Waals surface area contributed by atoms with E-state index in [0.717, 1.165) is 11.3 Å². The van der Waals surface area contributed by atoms with Gasteiger partial charge in [0.25, 0.3) is 0 Å². The van der Waals surface area contributed by atoms with Gasteiger partial charge in [0.15, 0.2) is 0 Å². The molecule has 2 N–H and O–H groups in total. The number of aliphatic hydroxyl groups is 2. The number of hydrogen-bond donors (Lipinski definition) is 2. The highest BCUT2D eigenvalue weighted by atomic mass is 16.5. The van der Waals surface area contributed by atoms with E-state index in [9.17, 15) is 10.2 Å². The van der Waals surface area contributed by atoms with Crippen LogP contribution >= 0.6 is 0 Å². The van der Waals surface area contributed by atoms with E-state index in [1.807, 2.05) is 31.2 Å². The first-order valence-electron chi connectivity index (χ1n) is 6.05. The maximum absolute atomic E-state index is 9.63. The van der Waals surface area contributed by atoms with Gasteiger partial charge in [-0.3, -0.25) is 0 Å². The van der Waals surface area contributed by atoms with E-state index in [1.54, 1.807) is 13.8 Å². The lowest BCUT2D eigenvalue weighted by molar-refractivity contribution is 0.0553. The highest BCUT2D eigenvalue weighted by Crippen LogP contribution is 2.20. The van der Waals surface area contributed by atoms with Crippen LogP contribution in [0.2, 0.25) is 0 Å². The first-order valence-corrected chi connectivity index (χ1v) is 6.05. The maximum atomic E-state index is 9.63. The molecular formula is C14H22O3. The molecule has 0 amide bonds. The van der Waals surface area contributed by atoms with Gasteiger partial charge in [0.2, 0.25) is 0 Å².